The van der Waals surface area contributed by atoms with Gasteiger partial charge in [0.2, 0.25) is 0 Å². The number of aromatic nitrogens is 4. The monoisotopic (exact) mass is 357 g/mol. The Morgan fingerprint density at radius 1 is 1.23 bits per heavy atom. The Kier molecular flexibility index (Phi) is 4.61. The molecule has 1 aromatic heterocycles. The van der Waals surface area contributed by atoms with Crippen LogP contribution in [0.4, 0.5) is 10.1 Å². The number of halogens is 1. The van der Waals surface area contributed by atoms with E-state index in [1.165, 1.54) is 12.1 Å². The van der Waals surface area contributed by atoms with Crippen LogP contribution in [0.3, 0.4) is 0 Å². The standard InChI is InChI=1S/C17H16FN5O3/c1-11-9-13(7-8-16(11)23(25)26)10-21-17(24)22(20-19-21)12(2)14-5-3-4-6-15(14)18/h3-9,12H,10H2,1-2H3. The summed E-state index contributed by atoms with van der Waals surface area (Å²) in [6.07, 6.45) is 0. The van der Waals surface area contributed by atoms with E-state index < -0.39 is 22.5 Å². The number of nitrogens with zero attached hydrogens (tertiary/aromatic N) is 5. The number of nitro benzene ring substituents is 1. The summed E-state index contributed by atoms with van der Waals surface area (Å²) in [5, 5.41) is 18.6. The Hall–Kier alpha value is -3.36. The number of benzene rings is 2. The Bertz CT molecular complexity index is 1030. The van der Waals surface area contributed by atoms with E-state index in [4.69, 9.17) is 0 Å². The molecule has 0 radical (unpaired) electrons. The lowest BCUT2D eigenvalue weighted by molar-refractivity contribution is -0.385. The molecule has 1 atom stereocenters. The normalized spacial score (nSPS) is 12.1. The van der Waals surface area contributed by atoms with Gasteiger partial charge in [0.1, 0.15) is 5.82 Å². The molecule has 0 fully saturated rings. The molecule has 26 heavy (non-hydrogen) atoms. The summed E-state index contributed by atoms with van der Waals surface area (Å²) in [6.45, 7) is 3.40. The molecule has 3 aromatic rings. The summed E-state index contributed by atoms with van der Waals surface area (Å²) >= 11 is 0. The highest BCUT2D eigenvalue weighted by molar-refractivity contribution is 5.41. The molecular formula is C17H16FN5O3. The molecule has 0 aliphatic heterocycles. The fourth-order valence-electron chi connectivity index (χ4n) is 2.77. The molecule has 0 N–H and O–H groups in total. The van der Waals surface area contributed by atoms with Crippen LogP contribution in [0.25, 0.3) is 0 Å². The van der Waals surface area contributed by atoms with Gasteiger partial charge >= 0.3 is 5.69 Å². The molecule has 0 amide bonds. The highest BCUT2D eigenvalue weighted by Crippen LogP contribution is 2.20. The molecule has 0 aliphatic rings. The van der Waals surface area contributed by atoms with Crippen LogP contribution in [-0.4, -0.2) is 24.7 Å². The molecule has 0 spiro atoms. The summed E-state index contributed by atoms with van der Waals surface area (Å²) in [4.78, 5) is 22.9. The smallest absolute Gasteiger partial charge is 0.258 e. The van der Waals surface area contributed by atoms with Crippen LogP contribution in [0.1, 0.15) is 29.7 Å². The maximum atomic E-state index is 13.9. The number of nitro groups is 1. The first kappa shape index (κ1) is 17.5. The van der Waals surface area contributed by atoms with Crippen molar-refractivity contribution in [3.05, 3.63) is 85.6 Å². The second-order valence-corrected chi connectivity index (χ2v) is 5.94. The second-order valence-electron chi connectivity index (χ2n) is 5.94. The van der Waals surface area contributed by atoms with Crippen molar-refractivity contribution in [2.45, 2.75) is 26.4 Å². The van der Waals surface area contributed by atoms with Gasteiger partial charge in [-0.25, -0.2) is 9.18 Å². The molecule has 1 heterocycles. The number of hydrogen-bond donors (Lipinski definition) is 0. The third kappa shape index (κ3) is 3.23. The highest BCUT2D eigenvalue weighted by Gasteiger charge is 2.18. The molecule has 9 heteroatoms. The van der Waals surface area contributed by atoms with Crippen LogP contribution in [0.5, 0.6) is 0 Å². The van der Waals surface area contributed by atoms with Crippen molar-refractivity contribution in [3.63, 3.8) is 0 Å². The van der Waals surface area contributed by atoms with E-state index in [2.05, 4.69) is 10.4 Å². The maximum Gasteiger partial charge on any atom is 0.364 e. The van der Waals surface area contributed by atoms with Gasteiger partial charge in [0.05, 0.1) is 17.5 Å². The first-order chi connectivity index (χ1) is 12.4. The predicted molar refractivity (Wildman–Crippen MR) is 91.4 cm³/mol. The van der Waals surface area contributed by atoms with E-state index in [9.17, 15) is 19.3 Å². The predicted octanol–water partition coefficient (Wildman–Crippen LogP) is 2.45. The maximum absolute atomic E-state index is 13.9. The molecule has 134 valence electrons. The zero-order valence-corrected chi connectivity index (χ0v) is 14.2. The van der Waals surface area contributed by atoms with Crippen molar-refractivity contribution < 1.29 is 9.31 Å². The zero-order chi connectivity index (χ0) is 18.8. The molecule has 0 bridgehead atoms. The average molecular weight is 357 g/mol. The Balaban J connectivity index is 1.88. The molecular weight excluding hydrogens is 341 g/mol. The van der Waals surface area contributed by atoms with E-state index in [0.29, 0.717) is 16.7 Å². The van der Waals surface area contributed by atoms with Gasteiger partial charge in [0, 0.05) is 17.2 Å². The molecule has 3 rings (SSSR count). The van der Waals surface area contributed by atoms with Crippen molar-refractivity contribution in [3.8, 4) is 0 Å². The minimum atomic E-state index is -0.615. The third-order valence-corrected chi connectivity index (χ3v) is 4.17. The first-order valence-corrected chi connectivity index (χ1v) is 7.89. The average Bonchev–Trinajstić information content (AvgIpc) is 2.95. The van der Waals surface area contributed by atoms with Crippen molar-refractivity contribution in [2.24, 2.45) is 0 Å². The lowest BCUT2D eigenvalue weighted by Crippen LogP contribution is -2.28. The summed E-state index contributed by atoms with van der Waals surface area (Å²) in [5.41, 5.74) is 1.04. The van der Waals surface area contributed by atoms with Crippen LogP contribution >= 0.6 is 0 Å². The van der Waals surface area contributed by atoms with Crippen molar-refractivity contribution in [1.29, 1.82) is 0 Å². The Labute approximate surface area is 147 Å². The fraction of sp³-hybridized carbons (Fsp3) is 0.235. The Morgan fingerprint density at radius 3 is 2.62 bits per heavy atom. The van der Waals surface area contributed by atoms with Gasteiger partial charge in [-0.1, -0.05) is 24.3 Å². The second kappa shape index (κ2) is 6.87. The molecule has 0 saturated heterocycles. The van der Waals surface area contributed by atoms with Gasteiger partial charge in [-0.15, -0.1) is 0 Å². The number of rotatable bonds is 5. The van der Waals surface area contributed by atoms with E-state index >= 15 is 0 Å². The minimum absolute atomic E-state index is 0.0120. The van der Waals surface area contributed by atoms with Crippen LogP contribution in [-0.2, 0) is 6.54 Å². The van der Waals surface area contributed by atoms with Crippen LogP contribution in [0.15, 0.2) is 47.3 Å². The summed E-state index contributed by atoms with van der Waals surface area (Å²) in [6, 6.07) is 10.1. The van der Waals surface area contributed by atoms with Gasteiger partial charge in [0.25, 0.3) is 5.69 Å². The zero-order valence-electron chi connectivity index (χ0n) is 14.2. The summed E-state index contributed by atoms with van der Waals surface area (Å²) < 4.78 is 16.2. The summed E-state index contributed by atoms with van der Waals surface area (Å²) in [5.74, 6) is -0.424. The lowest BCUT2D eigenvalue weighted by Gasteiger charge is -2.10. The lowest BCUT2D eigenvalue weighted by atomic mass is 10.1. The van der Waals surface area contributed by atoms with Crippen molar-refractivity contribution >= 4 is 5.69 Å². The van der Waals surface area contributed by atoms with Gasteiger partial charge in [-0.3, -0.25) is 10.1 Å². The SMILES string of the molecule is Cc1cc(Cn2nnn(C(C)c3ccccc3F)c2=O)ccc1[N+](=O)[O-]. The van der Waals surface area contributed by atoms with E-state index in [0.717, 1.165) is 9.36 Å². The van der Waals surface area contributed by atoms with Gasteiger partial charge in [0.15, 0.2) is 0 Å². The largest absolute Gasteiger partial charge is 0.364 e. The van der Waals surface area contributed by atoms with Crippen molar-refractivity contribution in [2.75, 3.05) is 0 Å². The van der Waals surface area contributed by atoms with Gasteiger partial charge in [-0.05, 0) is 42.0 Å². The number of tetrazole rings is 1. The van der Waals surface area contributed by atoms with E-state index in [1.54, 1.807) is 44.2 Å². The fourth-order valence-corrected chi connectivity index (χ4v) is 2.77. The number of hydrogen-bond acceptors (Lipinski definition) is 5. The minimum Gasteiger partial charge on any atom is -0.258 e. The molecule has 0 saturated carbocycles. The topological polar surface area (TPSA) is 95.8 Å². The van der Waals surface area contributed by atoms with Gasteiger partial charge in [-0.2, -0.15) is 9.36 Å². The van der Waals surface area contributed by atoms with E-state index in [-0.39, 0.29) is 12.2 Å². The van der Waals surface area contributed by atoms with Crippen LogP contribution in [0, 0.1) is 22.9 Å². The van der Waals surface area contributed by atoms with Gasteiger partial charge < -0.3 is 0 Å². The third-order valence-electron chi connectivity index (χ3n) is 4.17. The molecule has 1 unspecified atom stereocenters. The number of aryl methyl sites for hydroxylation is 1. The quantitative estimate of drug-likeness (QED) is 0.516. The van der Waals surface area contributed by atoms with Crippen LogP contribution < -0.4 is 5.69 Å². The van der Waals surface area contributed by atoms with Crippen LogP contribution in [0.2, 0.25) is 0 Å². The molecule has 0 aliphatic carbocycles. The van der Waals surface area contributed by atoms with E-state index in [1.807, 2.05) is 0 Å². The highest BCUT2D eigenvalue weighted by atomic mass is 19.1. The molecule has 8 nitrogen and oxygen atoms in total. The van der Waals surface area contributed by atoms with Crippen molar-refractivity contribution in [1.82, 2.24) is 19.8 Å². The molecule has 2 aromatic carbocycles. The Morgan fingerprint density at radius 2 is 1.96 bits per heavy atom. The first-order valence-electron chi connectivity index (χ1n) is 7.89. The summed E-state index contributed by atoms with van der Waals surface area (Å²) in [7, 11) is 0.